The van der Waals surface area contributed by atoms with E-state index in [9.17, 15) is 5.11 Å². The molecule has 1 N–H and O–H groups in total. The molecule has 1 aromatic heterocycles. The average molecular weight is 491 g/mol. The Morgan fingerprint density at radius 2 is 1.97 bits per heavy atom. The summed E-state index contributed by atoms with van der Waals surface area (Å²) in [5.41, 5.74) is 6.25. The summed E-state index contributed by atoms with van der Waals surface area (Å²) >= 11 is 1.74. The van der Waals surface area contributed by atoms with Gasteiger partial charge in [0.1, 0.15) is 0 Å². The van der Waals surface area contributed by atoms with Gasteiger partial charge >= 0.3 is 0 Å². The van der Waals surface area contributed by atoms with E-state index in [1.165, 1.54) is 59.2 Å². The zero-order valence-electron chi connectivity index (χ0n) is 17.7. The maximum absolute atomic E-state index is 10.7. The van der Waals surface area contributed by atoms with Crippen molar-refractivity contribution in [3.8, 4) is 0 Å². The van der Waals surface area contributed by atoms with Crippen LogP contribution in [0.3, 0.4) is 0 Å². The maximum atomic E-state index is 10.7. The summed E-state index contributed by atoms with van der Waals surface area (Å²) in [5, 5.41) is 13.8. The van der Waals surface area contributed by atoms with Crippen LogP contribution in [0.1, 0.15) is 58.9 Å². The number of aliphatic hydroxyl groups is 1. The zero-order valence-corrected chi connectivity index (χ0v) is 21.3. The van der Waals surface area contributed by atoms with Crippen molar-refractivity contribution in [1.29, 1.82) is 0 Å². The number of thiophene rings is 1. The van der Waals surface area contributed by atoms with Crippen LogP contribution in [0.2, 0.25) is 0 Å². The molecule has 1 aliphatic carbocycles. The van der Waals surface area contributed by atoms with Gasteiger partial charge in [-0.2, -0.15) is 6.07 Å². The molecule has 0 saturated heterocycles. The summed E-state index contributed by atoms with van der Waals surface area (Å²) in [5.74, 6) is 0.669. The maximum Gasteiger partial charge on any atom is 0.0830 e. The van der Waals surface area contributed by atoms with Crippen molar-refractivity contribution in [2.45, 2.75) is 51.6 Å². The molecule has 3 heteroatoms. The molecule has 1 radical (unpaired) electrons. The Hall–Kier alpha value is -1.06. The summed E-state index contributed by atoms with van der Waals surface area (Å²) in [6, 6.07) is 21.2. The number of rotatable bonds is 8. The Morgan fingerprint density at radius 3 is 2.70 bits per heavy atom. The fourth-order valence-electron chi connectivity index (χ4n) is 4.42. The SMILES string of the molecule is Cc1cccc(CC(O)c2ccc(C3=CCC[C@@H]3CCCc3cc[c-]s3)cc2)c1.[Y]. The Bertz CT molecular complexity index is 943. The molecule has 30 heavy (non-hydrogen) atoms. The molecule has 1 nitrogen and oxygen atoms in total. The largest absolute Gasteiger partial charge is 0.388 e. The summed E-state index contributed by atoms with van der Waals surface area (Å²) in [6.07, 6.45) is 8.73. The van der Waals surface area contributed by atoms with Gasteiger partial charge in [-0.05, 0) is 54.4 Å². The van der Waals surface area contributed by atoms with E-state index in [1.807, 2.05) is 6.07 Å². The summed E-state index contributed by atoms with van der Waals surface area (Å²) in [7, 11) is 0. The van der Waals surface area contributed by atoms with Crippen LogP contribution in [0.25, 0.3) is 5.57 Å². The molecule has 4 rings (SSSR count). The van der Waals surface area contributed by atoms with Gasteiger partial charge in [0.15, 0.2) is 0 Å². The number of hydrogen-bond donors (Lipinski definition) is 1. The molecule has 2 atom stereocenters. The van der Waals surface area contributed by atoms with Gasteiger partial charge in [-0.1, -0.05) is 73.0 Å². The third-order valence-electron chi connectivity index (χ3n) is 5.96. The monoisotopic (exact) mass is 490 g/mol. The molecule has 0 aliphatic heterocycles. The van der Waals surface area contributed by atoms with E-state index < -0.39 is 6.10 Å². The van der Waals surface area contributed by atoms with Crippen molar-refractivity contribution in [2.75, 3.05) is 0 Å². The molecule has 0 bridgehead atoms. The van der Waals surface area contributed by atoms with Crippen molar-refractivity contribution in [3.63, 3.8) is 0 Å². The van der Waals surface area contributed by atoms with Gasteiger partial charge in [0.2, 0.25) is 0 Å². The van der Waals surface area contributed by atoms with Crippen LogP contribution in [0.5, 0.6) is 0 Å². The molecule has 2 aromatic carbocycles. The average Bonchev–Trinajstić information content (AvgIpc) is 3.40. The first-order valence-corrected chi connectivity index (χ1v) is 11.5. The van der Waals surface area contributed by atoms with E-state index in [2.05, 4.69) is 73.0 Å². The second-order valence-electron chi connectivity index (χ2n) is 8.18. The van der Waals surface area contributed by atoms with Gasteiger partial charge in [-0.25, -0.2) is 6.07 Å². The second-order valence-corrected chi connectivity index (χ2v) is 9.14. The van der Waals surface area contributed by atoms with Gasteiger partial charge in [-0.3, -0.25) is 0 Å². The predicted molar refractivity (Wildman–Crippen MR) is 123 cm³/mol. The normalized spacial score (nSPS) is 16.7. The molecule has 0 spiro atoms. The zero-order chi connectivity index (χ0) is 20.1. The van der Waals surface area contributed by atoms with Crippen molar-refractivity contribution in [2.24, 2.45) is 5.92 Å². The second kappa shape index (κ2) is 11.5. The van der Waals surface area contributed by atoms with E-state index >= 15 is 0 Å². The first-order chi connectivity index (χ1) is 14.2. The third kappa shape index (κ3) is 6.23. The molecule has 3 aromatic rings. The van der Waals surface area contributed by atoms with Crippen molar-refractivity contribution in [3.05, 3.63) is 99.3 Å². The van der Waals surface area contributed by atoms with Crippen LogP contribution in [0.4, 0.5) is 0 Å². The van der Waals surface area contributed by atoms with Crippen LogP contribution in [0.15, 0.2) is 66.7 Å². The minimum absolute atomic E-state index is 0. The third-order valence-corrected chi connectivity index (χ3v) is 6.82. The standard InChI is InChI=1S/C27H29OS.Y/c1-20-6-2-7-21(18-20)19-27(28)24-15-13-23(14-16-24)26-12-4-9-22(26)8-3-10-25-11-5-17-29-25;/h2,5-7,11-16,18,22,27-28H,3-4,8-10,19H2,1H3;/q-1;/t22-,27?;/m0./s1. The van der Waals surface area contributed by atoms with Gasteiger partial charge in [0.25, 0.3) is 0 Å². The summed E-state index contributed by atoms with van der Waals surface area (Å²) in [4.78, 5) is 1.44. The Kier molecular flexibility index (Phi) is 9.07. The molecule has 0 amide bonds. The Labute approximate surface area is 210 Å². The van der Waals surface area contributed by atoms with E-state index in [0.717, 1.165) is 5.56 Å². The van der Waals surface area contributed by atoms with Crippen molar-refractivity contribution in [1.82, 2.24) is 0 Å². The van der Waals surface area contributed by atoms with Gasteiger partial charge in [0, 0.05) is 39.1 Å². The molecule has 1 aliphatic rings. The summed E-state index contributed by atoms with van der Waals surface area (Å²) < 4.78 is 0. The number of aliphatic hydroxyl groups excluding tert-OH is 1. The number of benzene rings is 2. The van der Waals surface area contributed by atoms with Crippen molar-refractivity contribution >= 4 is 16.9 Å². The number of hydrogen-bond acceptors (Lipinski definition) is 2. The van der Waals surface area contributed by atoms with E-state index in [-0.39, 0.29) is 32.7 Å². The van der Waals surface area contributed by atoms with E-state index in [4.69, 9.17) is 0 Å². The predicted octanol–water partition coefficient (Wildman–Crippen LogP) is 6.95. The van der Waals surface area contributed by atoms with Crippen LogP contribution in [-0.2, 0) is 45.6 Å². The van der Waals surface area contributed by atoms with E-state index in [0.29, 0.717) is 12.3 Å². The van der Waals surface area contributed by atoms with Gasteiger partial charge in [-0.15, -0.1) is 10.3 Å². The Balaban J connectivity index is 0.00000256. The molecule has 0 fully saturated rings. The van der Waals surface area contributed by atoms with Gasteiger partial charge in [0.05, 0.1) is 6.10 Å². The first-order valence-electron chi connectivity index (χ1n) is 10.7. The number of aryl methyl sites for hydroxylation is 2. The quantitative estimate of drug-likeness (QED) is 0.339. The van der Waals surface area contributed by atoms with Crippen LogP contribution >= 0.6 is 11.3 Å². The molecular weight excluding hydrogens is 461 g/mol. The molecule has 153 valence electrons. The van der Waals surface area contributed by atoms with Crippen LogP contribution in [-0.4, -0.2) is 5.11 Å². The minimum atomic E-state index is -0.457. The number of allylic oxidation sites excluding steroid dienone is 2. The van der Waals surface area contributed by atoms with E-state index in [1.54, 1.807) is 11.3 Å². The Morgan fingerprint density at radius 1 is 1.13 bits per heavy atom. The molecule has 1 heterocycles. The summed E-state index contributed by atoms with van der Waals surface area (Å²) in [6.45, 7) is 2.09. The topological polar surface area (TPSA) is 20.2 Å². The van der Waals surface area contributed by atoms with Crippen LogP contribution < -0.4 is 0 Å². The fourth-order valence-corrected chi connectivity index (χ4v) is 5.09. The van der Waals surface area contributed by atoms with Gasteiger partial charge < -0.3 is 16.4 Å². The minimum Gasteiger partial charge on any atom is -0.388 e. The molecule has 0 saturated carbocycles. The first kappa shape index (κ1) is 23.6. The smallest absolute Gasteiger partial charge is 0.0830 e. The van der Waals surface area contributed by atoms with Crippen LogP contribution in [0, 0.1) is 18.2 Å². The molecule has 1 unspecified atom stereocenters. The van der Waals surface area contributed by atoms with Crippen molar-refractivity contribution < 1.29 is 37.8 Å². The fraction of sp³-hybridized carbons (Fsp3) is 0.333. The molecular formula is C27H29OSY-.